The van der Waals surface area contributed by atoms with Gasteiger partial charge in [-0.3, -0.25) is 0 Å². The lowest BCUT2D eigenvalue weighted by molar-refractivity contribution is 0.669. The molecule has 4 heterocycles. The van der Waals surface area contributed by atoms with Crippen LogP contribution in [0.4, 0.5) is 0 Å². The van der Waals surface area contributed by atoms with Gasteiger partial charge in [0.2, 0.25) is 0 Å². The standard InChI is InChI=1S/C44H23NO/c1-3-12-29-27(10-1)40(24-19-20-39-35(21-24)26-9-5-6-18-38(26)46-39)28-11-2-4-13-30(28)41(29)25-22-36-33-16-7-14-31-32-15-8-17-34-37(23-25)44(36)45(42(31)33)43(32)34/h1-23H. The molecule has 210 valence electrons. The molecule has 0 saturated carbocycles. The van der Waals surface area contributed by atoms with Gasteiger partial charge in [-0.1, -0.05) is 109 Å². The Morgan fingerprint density at radius 3 is 1.30 bits per heavy atom. The first-order valence-corrected chi connectivity index (χ1v) is 15.9. The van der Waals surface area contributed by atoms with Crippen molar-refractivity contribution in [2.45, 2.75) is 0 Å². The topological polar surface area (TPSA) is 17.6 Å². The third kappa shape index (κ3) is 2.63. The van der Waals surface area contributed by atoms with Crippen molar-refractivity contribution in [3.8, 4) is 22.3 Å². The molecule has 46 heavy (non-hydrogen) atoms. The fourth-order valence-corrected chi connectivity index (χ4v) is 8.84. The number of hydrogen-bond donors (Lipinski definition) is 0. The van der Waals surface area contributed by atoms with Crippen LogP contribution in [0.15, 0.2) is 144 Å². The van der Waals surface area contributed by atoms with Crippen molar-refractivity contribution in [3.63, 3.8) is 0 Å². The van der Waals surface area contributed by atoms with Gasteiger partial charge in [0.1, 0.15) is 11.2 Å². The average Bonchev–Trinajstić information content (AvgIpc) is 3.85. The van der Waals surface area contributed by atoms with Gasteiger partial charge in [-0.25, -0.2) is 0 Å². The molecular formula is C44H23NO. The number of fused-ring (bicyclic) bond motifs is 8. The zero-order chi connectivity index (χ0) is 29.7. The second-order valence-electron chi connectivity index (χ2n) is 12.8. The third-order valence-corrected chi connectivity index (χ3v) is 10.6. The minimum atomic E-state index is 0.921. The number of hydrogen-bond acceptors (Lipinski definition) is 1. The average molecular weight is 582 g/mol. The minimum absolute atomic E-state index is 0.921. The zero-order valence-electron chi connectivity index (χ0n) is 24.6. The summed E-state index contributed by atoms with van der Waals surface area (Å²) in [7, 11) is 0. The Morgan fingerprint density at radius 1 is 0.304 bits per heavy atom. The van der Waals surface area contributed by atoms with Crippen LogP contribution in [0, 0.1) is 0 Å². The SMILES string of the molecule is c1ccc2c(c1)oc1ccc(-c3c4ccccc4c(-c4cc5c6cccc7c8cccc9c(c4)c5n(c76)c89)c4ccccc34)cc12. The van der Waals surface area contributed by atoms with Crippen LogP contribution in [0.25, 0.3) is 115 Å². The molecule has 0 bridgehead atoms. The Balaban J connectivity index is 1.23. The van der Waals surface area contributed by atoms with Gasteiger partial charge >= 0.3 is 0 Å². The van der Waals surface area contributed by atoms with Gasteiger partial charge in [0.15, 0.2) is 0 Å². The summed E-state index contributed by atoms with van der Waals surface area (Å²) in [6.07, 6.45) is 0. The van der Waals surface area contributed by atoms with Crippen molar-refractivity contribution in [2.24, 2.45) is 0 Å². The van der Waals surface area contributed by atoms with E-state index in [1.54, 1.807) is 0 Å². The van der Waals surface area contributed by atoms with Crippen molar-refractivity contribution in [2.75, 3.05) is 0 Å². The quantitative estimate of drug-likeness (QED) is 0.186. The Morgan fingerprint density at radius 2 is 0.717 bits per heavy atom. The molecule has 2 nitrogen and oxygen atoms in total. The molecule has 0 unspecified atom stereocenters. The molecule has 12 rings (SSSR count). The fraction of sp³-hybridized carbons (Fsp3) is 0. The second kappa shape index (κ2) is 7.93. The first-order valence-electron chi connectivity index (χ1n) is 15.9. The Hall–Kier alpha value is -6.12. The monoisotopic (exact) mass is 581 g/mol. The fourth-order valence-electron chi connectivity index (χ4n) is 8.84. The summed E-state index contributed by atoms with van der Waals surface area (Å²) in [5.41, 5.74) is 10.9. The Kier molecular flexibility index (Phi) is 4.01. The van der Waals surface area contributed by atoms with Crippen molar-refractivity contribution in [1.29, 1.82) is 0 Å². The molecule has 0 amide bonds. The largest absolute Gasteiger partial charge is 0.456 e. The van der Waals surface area contributed by atoms with Crippen molar-refractivity contribution in [1.82, 2.24) is 4.40 Å². The molecule has 0 aliphatic rings. The van der Waals surface area contributed by atoms with Gasteiger partial charge in [0.25, 0.3) is 0 Å². The molecular weight excluding hydrogens is 558 g/mol. The summed E-state index contributed by atoms with van der Waals surface area (Å²) in [6, 6.07) is 51.4. The van der Waals surface area contributed by atoms with Crippen molar-refractivity contribution in [3.05, 3.63) is 140 Å². The first-order chi connectivity index (χ1) is 22.8. The summed E-state index contributed by atoms with van der Waals surface area (Å²) >= 11 is 0. The zero-order valence-corrected chi connectivity index (χ0v) is 24.6. The molecule has 0 saturated heterocycles. The van der Waals surface area contributed by atoms with E-state index >= 15 is 0 Å². The number of furan rings is 1. The van der Waals surface area contributed by atoms with E-state index < -0.39 is 0 Å². The normalized spacial score (nSPS) is 12.8. The van der Waals surface area contributed by atoms with Crippen LogP contribution < -0.4 is 0 Å². The molecule has 8 aromatic carbocycles. The molecule has 0 atom stereocenters. The van der Waals surface area contributed by atoms with Gasteiger partial charge in [0.05, 0.1) is 16.6 Å². The highest BCUT2D eigenvalue weighted by Gasteiger charge is 2.25. The highest BCUT2D eigenvalue weighted by atomic mass is 16.3. The van der Waals surface area contributed by atoms with Crippen molar-refractivity contribution < 1.29 is 4.42 Å². The second-order valence-corrected chi connectivity index (χ2v) is 12.8. The Labute approximate surface area is 262 Å². The van der Waals surface area contributed by atoms with Gasteiger partial charge in [-0.05, 0) is 74.1 Å². The van der Waals surface area contributed by atoms with E-state index in [1.165, 1.54) is 92.7 Å². The molecule has 0 aliphatic heterocycles. The summed E-state index contributed by atoms with van der Waals surface area (Å²) in [4.78, 5) is 0. The lowest BCUT2D eigenvalue weighted by Crippen LogP contribution is -1.91. The van der Waals surface area contributed by atoms with Crippen LogP contribution in [0.3, 0.4) is 0 Å². The number of nitrogens with zero attached hydrogens (tertiary/aromatic N) is 1. The lowest BCUT2D eigenvalue weighted by atomic mass is 9.85. The molecule has 0 fully saturated rings. The van der Waals surface area contributed by atoms with E-state index in [4.69, 9.17) is 4.42 Å². The molecule has 0 aliphatic carbocycles. The predicted molar refractivity (Wildman–Crippen MR) is 194 cm³/mol. The number of para-hydroxylation sites is 3. The van der Waals surface area contributed by atoms with E-state index in [0.29, 0.717) is 0 Å². The molecule has 4 aromatic heterocycles. The summed E-state index contributed by atoms with van der Waals surface area (Å²) in [5.74, 6) is 0. The van der Waals surface area contributed by atoms with Gasteiger partial charge < -0.3 is 8.82 Å². The summed E-state index contributed by atoms with van der Waals surface area (Å²) in [6.45, 7) is 0. The molecule has 2 heteroatoms. The molecule has 12 aromatic rings. The summed E-state index contributed by atoms with van der Waals surface area (Å²) in [5, 5.41) is 15.4. The maximum atomic E-state index is 6.21. The van der Waals surface area contributed by atoms with E-state index in [9.17, 15) is 0 Å². The van der Waals surface area contributed by atoms with E-state index in [2.05, 4.69) is 138 Å². The van der Waals surface area contributed by atoms with Crippen LogP contribution in [0.5, 0.6) is 0 Å². The molecule has 0 N–H and O–H groups in total. The maximum absolute atomic E-state index is 6.21. The minimum Gasteiger partial charge on any atom is -0.456 e. The van der Waals surface area contributed by atoms with E-state index in [0.717, 1.165) is 21.9 Å². The number of benzene rings is 8. The summed E-state index contributed by atoms with van der Waals surface area (Å²) < 4.78 is 8.73. The van der Waals surface area contributed by atoms with Gasteiger partial charge in [-0.2, -0.15) is 0 Å². The Bertz CT molecular complexity index is 3040. The van der Waals surface area contributed by atoms with Crippen molar-refractivity contribution >= 4 is 92.4 Å². The maximum Gasteiger partial charge on any atom is 0.135 e. The van der Waals surface area contributed by atoms with Gasteiger partial charge in [0, 0.05) is 43.1 Å². The lowest BCUT2D eigenvalue weighted by Gasteiger charge is -2.18. The number of rotatable bonds is 2. The number of aromatic nitrogens is 1. The van der Waals surface area contributed by atoms with Crippen LogP contribution in [-0.4, -0.2) is 4.40 Å². The molecule has 0 spiro atoms. The highest BCUT2D eigenvalue weighted by Crippen LogP contribution is 2.50. The van der Waals surface area contributed by atoms with Crippen LogP contribution in [0.1, 0.15) is 0 Å². The van der Waals surface area contributed by atoms with Crippen LogP contribution in [0.2, 0.25) is 0 Å². The van der Waals surface area contributed by atoms with Crippen LogP contribution in [-0.2, 0) is 0 Å². The smallest absolute Gasteiger partial charge is 0.135 e. The third-order valence-electron chi connectivity index (χ3n) is 10.6. The highest BCUT2D eigenvalue weighted by molar-refractivity contribution is 6.35. The van der Waals surface area contributed by atoms with E-state index in [1.807, 2.05) is 6.07 Å². The van der Waals surface area contributed by atoms with E-state index in [-0.39, 0.29) is 0 Å². The molecule has 0 radical (unpaired) electrons. The first kappa shape index (κ1) is 23.3. The van der Waals surface area contributed by atoms with Crippen LogP contribution >= 0.6 is 0 Å². The predicted octanol–water partition coefficient (Wildman–Crippen LogP) is 12.4. The van der Waals surface area contributed by atoms with Gasteiger partial charge in [-0.15, -0.1) is 0 Å².